The molecule has 2 heterocycles. The molecule has 0 spiro atoms. The fourth-order valence-corrected chi connectivity index (χ4v) is 0.942. The lowest BCUT2D eigenvalue weighted by Gasteiger charge is -1.80. The molecule has 0 atom stereocenters. The van der Waals surface area contributed by atoms with Crippen molar-refractivity contribution in [1.82, 2.24) is 10.6 Å². The Balaban J connectivity index is 0.000000120. The van der Waals surface area contributed by atoms with Crippen LogP contribution in [-0.4, -0.2) is 18.4 Å². The second kappa shape index (κ2) is 4.54. The van der Waals surface area contributed by atoms with Crippen LogP contribution in [0.1, 0.15) is 19.3 Å². The summed E-state index contributed by atoms with van der Waals surface area (Å²) in [5.41, 5.74) is 0. The summed E-state index contributed by atoms with van der Waals surface area (Å²) in [6.07, 6.45) is 5.77. The van der Waals surface area contributed by atoms with E-state index in [1.807, 2.05) is 0 Å². The molecule has 4 nitrogen and oxygen atoms in total. The van der Waals surface area contributed by atoms with Gasteiger partial charge in [0, 0.05) is 25.6 Å². The Morgan fingerprint density at radius 2 is 2.08 bits per heavy atom. The molecule has 2 aliphatic heterocycles. The molecule has 12 heavy (non-hydrogen) atoms. The lowest BCUT2D eigenvalue weighted by atomic mass is 10.4. The Hall–Kier alpha value is -1.32. The van der Waals surface area contributed by atoms with Gasteiger partial charge in [-0.15, -0.1) is 0 Å². The van der Waals surface area contributed by atoms with Gasteiger partial charge < -0.3 is 10.6 Å². The number of hydrogen-bond donors (Lipinski definition) is 2. The highest BCUT2D eigenvalue weighted by atomic mass is 16.2. The third-order valence-electron chi connectivity index (χ3n) is 1.57. The highest BCUT2D eigenvalue weighted by Gasteiger charge is 2.05. The average molecular weight is 168 g/mol. The van der Waals surface area contributed by atoms with Gasteiger partial charge in [-0.25, -0.2) is 0 Å². The monoisotopic (exact) mass is 168 g/mol. The van der Waals surface area contributed by atoms with Crippen LogP contribution in [0.4, 0.5) is 0 Å². The molecule has 66 valence electrons. The summed E-state index contributed by atoms with van der Waals surface area (Å²) in [6.45, 7) is 0.888. The largest absolute Gasteiger partial charge is 0.356 e. The fourth-order valence-electron chi connectivity index (χ4n) is 0.942. The molecule has 0 aliphatic carbocycles. The van der Waals surface area contributed by atoms with Crippen LogP contribution in [0.15, 0.2) is 12.3 Å². The average Bonchev–Trinajstić information content (AvgIpc) is 2.63. The summed E-state index contributed by atoms with van der Waals surface area (Å²) in [5, 5.41) is 5.18. The normalized spacial score (nSPS) is 19.7. The summed E-state index contributed by atoms with van der Waals surface area (Å²) in [5.74, 6) is 0.296. The molecule has 0 aromatic heterocycles. The Morgan fingerprint density at radius 3 is 2.25 bits per heavy atom. The van der Waals surface area contributed by atoms with Crippen molar-refractivity contribution in [2.75, 3.05) is 6.54 Å². The molecule has 2 N–H and O–H groups in total. The molecule has 2 aliphatic rings. The maximum absolute atomic E-state index is 10.1. The molecule has 4 heteroatoms. The Bertz CT molecular complexity index is 191. The molecule has 0 saturated carbocycles. The van der Waals surface area contributed by atoms with Crippen molar-refractivity contribution in [1.29, 1.82) is 0 Å². The maximum Gasteiger partial charge on any atom is 0.227 e. The van der Waals surface area contributed by atoms with E-state index in [0.29, 0.717) is 6.42 Å². The minimum atomic E-state index is 0.0926. The van der Waals surface area contributed by atoms with Crippen LogP contribution >= 0.6 is 0 Å². The molecule has 2 rings (SSSR count). The summed E-state index contributed by atoms with van der Waals surface area (Å²) < 4.78 is 0. The lowest BCUT2D eigenvalue weighted by Crippen LogP contribution is -2.12. The van der Waals surface area contributed by atoms with Crippen molar-refractivity contribution in [3.8, 4) is 0 Å². The zero-order valence-corrected chi connectivity index (χ0v) is 6.80. The first kappa shape index (κ1) is 8.77. The molecule has 0 radical (unpaired) electrons. The number of hydrogen-bond acceptors (Lipinski definition) is 2. The topological polar surface area (TPSA) is 58.2 Å². The van der Waals surface area contributed by atoms with Crippen LogP contribution in [0.25, 0.3) is 0 Å². The van der Waals surface area contributed by atoms with Crippen molar-refractivity contribution in [3.63, 3.8) is 0 Å². The first-order valence-corrected chi connectivity index (χ1v) is 4.00. The van der Waals surface area contributed by atoms with Gasteiger partial charge in [0.15, 0.2) is 0 Å². The first-order chi connectivity index (χ1) is 5.79. The maximum atomic E-state index is 10.1. The van der Waals surface area contributed by atoms with E-state index in [1.165, 1.54) is 0 Å². The van der Waals surface area contributed by atoms with E-state index in [2.05, 4.69) is 10.6 Å². The van der Waals surface area contributed by atoms with E-state index in [0.717, 1.165) is 19.4 Å². The van der Waals surface area contributed by atoms with E-state index in [-0.39, 0.29) is 11.8 Å². The van der Waals surface area contributed by atoms with Crippen molar-refractivity contribution in [2.24, 2.45) is 0 Å². The quantitative estimate of drug-likeness (QED) is 0.531. The van der Waals surface area contributed by atoms with Gasteiger partial charge in [-0.1, -0.05) is 6.08 Å². The summed E-state index contributed by atoms with van der Waals surface area (Å²) >= 11 is 0. The lowest BCUT2D eigenvalue weighted by molar-refractivity contribution is -0.119. The van der Waals surface area contributed by atoms with Gasteiger partial charge in [0.05, 0.1) is 0 Å². The van der Waals surface area contributed by atoms with E-state index in [4.69, 9.17) is 0 Å². The van der Waals surface area contributed by atoms with E-state index >= 15 is 0 Å². The minimum absolute atomic E-state index is 0.0926. The molecule has 1 saturated heterocycles. The van der Waals surface area contributed by atoms with Gasteiger partial charge in [0.1, 0.15) is 0 Å². The van der Waals surface area contributed by atoms with Crippen LogP contribution in [0, 0.1) is 0 Å². The molecular formula is C8H12N2O2. The van der Waals surface area contributed by atoms with Crippen LogP contribution in [-0.2, 0) is 9.59 Å². The fraction of sp³-hybridized carbons (Fsp3) is 0.500. The Morgan fingerprint density at radius 1 is 1.25 bits per heavy atom. The van der Waals surface area contributed by atoms with Crippen LogP contribution in [0.2, 0.25) is 0 Å². The Kier molecular flexibility index (Phi) is 3.32. The number of rotatable bonds is 0. The smallest absolute Gasteiger partial charge is 0.227 e. The zero-order chi connectivity index (χ0) is 8.81. The minimum Gasteiger partial charge on any atom is -0.356 e. The summed E-state index contributed by atoms with van der Waals surface area (Å²) in [4.78, 5) is 20.2. The second-order valence-electron chi connectivity index (χ2n) is 2.63. The highest BCUT2D eigenvalue weighted by Crippen LogP contribution is 1.93. The van der Waals surface area contributed by atoms with Crippen LogP contribution in [0.5, 0.6) is 0 Å². The third-order valence-corrected chi connectivity index (χ3v) is 1.57. The van der Waals surface area contributed by atoms with Crippen molar-refractivity contribution >= 4 is 11.8 Å². The summed E-state index contributed by atoms with van der Waals surface area (Å²) in [6, 6.07) is 0. The van der Waals surface area contributed by atoms with Crippen LogP contribution < -0.4 is 10.6 Å². The first-order valence-electron chi connectivity index (χ1n) is 4.00. The van der Waals surface area contributed by atoms with E-state index in [1.54, 1.807) is 12.3 Å². The second-order valence-corrected chi connectivity index (χ2v) is 2.63. The number of amides is 2. The molecule has 0 unspecified atom stereocenters. The number of carbonyl (C=O) groups is 2. The van der Waals surface area contributed by atoms with Gasteiger partial charge in [-0.05, 0) is 6.42 Å². The van der Waals surface area contributed by atoms with Crippen molar-refractivity contribution < 1.29 is 9.59 Å². The predicted molar refractivity (Wildman–Crippen MR) is 44.1 cm³/mol. The molecule has 1 fully saturated rings. The molecule has 0 aromatic carbocycles. The standard InChI is InChI=1S/C4H7NO.C4H5NO/c2*6-4-2-1-3-5-4/h1-3H2,(H,5,6);1,3H,2H2,(H,5,6). The van der Waals surface area contributed by atoms with E-state index < -0.39 is 0 Å². The zero-order valence-electron chi connectivity index (χ0n) is 6.80. The summed E-state index contributed by atoms with van der Waals surface area (Å²) in [7, 11) is 0. The Labute approximate surface area is 71.0 Å². The van der Waals surface area contributed by atoms with Crippen LogP contribution in [0.3, 0.4) is 0 Å². The third kappa shape index (κ3) is 3.18. The molecular weight excluding hydrogens is 156 g/mol. The van der Waals surface area contributed by atoms with Crippen molar-refractivity contribution in [3.05, 3.63) is 12.3 Å². The predicted octanol–water partition coefficient (Wildman–Crippen LogP) is -0.0836. The van der Waals surface area contributed by atoms with Gasteiger partial charge in [-0.3, -0.25) is 9.59 Å². The molecule has 0 aromatic rings. The molecule has 0 bridgehead atoms. The number of carbonyl (C=O) groups excluding carboxylic acids is 2. The molecule has 2 amide bonds. The van der Waals surface area contributed by atoms with Gasteiger partial charge in [0.2, 0.25) is 11.8 Å². The van der Waals surface area contributed by atoms with Gasteiger partial charge in [0.25, 0.3) is 0 Å². The SMILES string of the molecule is O=C1CC=CN1.O=C1CCCN1. The van der Waals surface area contributed by atoms with Crippen molar-refractivity contribution in [2.45, 2.75) is 19.3 Å². The highest BCUT2D eigenvalue weighted by molar-refractivity contribution is 5.80. The van der Waals surface area contributed by atoms with Gasteiger partial charge in [-0.2, -0.15) is 0 Å². The van der Waals surface area contributed by atoms with E-state index in [9.17, 15) is 9.59 Å². The van der Waals surface area contributed by atoms with Gasteiger partial charge >= 0.3 is 0 Å². The number of nitrogens with one attached hydrogen (secondary N) is 2.